The van der Waals surface area contributed by atoms with E-state index in [0.29, 0.717) is 24.5 Å². The zero-order valence-corrected chi connectivity index (χ0v) is 18.9. The van der Waals surface area contributed by atoms with Gasteiger partial charge in [0.1, 0.15) is 6.54 Å². The summed E-state index contributed by atoms with van der Waals surface area (Å²) in [4.78, 5) is 31.8. The summed E-state index contributed by atoms with van der Waals surface area (Å²) in [6.07, 6.45) is 1.92. The second-order valence-corrected chi connectivity index (χ2v) is 9.59. The Morgan fingerprint density at radius 1 is 0.935 bits per heavy atom. The van der Waals surface area contributed by atoms with Crippen LogP contribution in [0.3, 0.4) is 0 Å². The molecule has 0 radical (unpaired) electrons. The molecule has 31 heavy (non-hydrogen) atoms. The maximum atomic E-state index is 13.4. The van der Waals surface area contributed by atoms with Crippen molar-refractivity contribution in [3.63, 3.8) is 0 Å². The van der Waals surface area contributed by atoms with Crippen LogP contribution in [0, 0.1) is 0 Å². The molecule has 162 valence electrons. The lowest BCUT2D eigenvalue weighted by Gasteiger charge is -2.29. The fraction of sp³-hybridized carbons (Fsp3) is 0.333. The van der Waals surface area contributed by atoms with Crippen molar-refractivity contribution in [2.45, 2.75) is 32.0 Å². The summed E-state index contributed by atoms with van der Waals surface area (Å²) >= 11 is 3.04. The van der Waals surface area contributed by atoms with Gasteiger partial charge in [0, 0.05) is 24.6 Å². The molecule has 2 amide bonds. The van der Waals surface area contributed by atoms with Crippen molar-refractivity contribution in [3.05, 3.63) is 80.7 Å². The number of ether oxygens (including phenoxy) is 1. The zero-order valence-electron chi connectivity index (χ0n) is 17.3. The molecule has 7 heteroatoms. The van der Waals surface area contributed by atoms with E-state index < -0.39 is 0 Å². The van der Waals surface area contributed by atoms with Crippen LogP contribution in [-0.2, 0) is 22.6 Å². The van der Waals surface area contributed by atoms with Crippen molar-refractivity contribution in [2.24, 2.45) is 0 Å². The van der Waals surface area contributed by atoms with Gasteiger partial charge in [-0.3, -0.25) is 9.59 Å². The Morgan fingerprint density at radius 2 is 1.74 bits per heavy atom. The van der Waals surface area contributed by atoms with E-state index in [9.17, 15) is 9.59 Å². The molecule has 0 saturated carbocycles. The lowest BCUT2D eigenvalue weighted by atomic mass is 10.2. The SMILES string of the molecule is O=C(CN(CC1CCCO1)C(=O)c1cccs1)N(Cc1ccccc1)Cc1cccs1. The molecule has 3 heterocycles. The molecule has 2 aromatic heterocycles. The second kappa shape index (κ2) is 10.7. The highest BCUT2D eigenvalue weighted by Gasteiger charge is 2.27. The quantitative estimate of drug-likeness (QED) is 0.473. The largest absolute Gasteiger partial charge is 0.376 e. The number of hydrogen-bond donors (Lipinski definition) is 0. The lowest BCUT2D eigenvalue weighted by Crippen LogP contribution is -2.45. The highest BCUT2D eigenvalue weighted by Crippen LogP contribution is 2.19. The van der Waals surface area contributed by atoms with Crippen LogP contribution in [0.25, 0.3) is 0 Å². The Morgan fingerprint density at radius 3 is 2.42 bits per heavy atom. The summed E-state index contributed by atoms with van der Waals surface area (Å²) in [6, 6.07) is 17.7. The zero-order chi connectivity index (χ0) is 21.5. The third-order valence-corrected chi connectivity index (χ3v) is 7.01. The van der Waals surface area contributed by atoms with Crippen molar-refractivity contribution in [2.75, 3.05) is 19.7 Å². The third-order valence-electron chi connectivity index (χ3n) is 5.29. The molecule has 0 aliphatic carbocycles. The first kappa shape index (κ1) is 21.7. The number of benzene rings is 1. The first-order chi connectivity index (χ1) is 15.2. The summed E-state index contributed by atoms with van der Waals surface area (Å²) < 4.78 is 5.76. The number of carbonyl (C=O) groups is 2. The Balaban J connectivity index is 1.51. The van der Waals surface area contributed by atoms with Crippen molar-refractivity contribution in [3.8, 4) is 0 Å². The molecule has 1 aliphatic heterocycles. The maximum Gasteiger partial charge on any atom is 0.264 e. The minimum Gasteiger partial charge on any atom is -0.376 e. The van der Waals surface area contributed by atoms with Crippen molar-refractivity contribution in [1.29, 1.82) is 0 Å². The summed E-state index contributed by atoms with van der Waals surface area (Å²) in [5.74, 6) is -0.158. The number of amides is 2. The summed E-state index contributed by atoms with van der Waals surface area (Å²) in [6.45, 7) is 2.26. The first-order valence-electron chi connectivity index (χ1n) is 10.5. The van der Waals surface area contributed by atoms with Crippen LogP contribution >= 0.6 is 22.7 Å². The summed E-state index contributed by atoms with van der Waals surface area (Å²) in [5, 5.41) is 3.91. The second-order valence-electron chi connectivity index (χ2n) is 7.61. The minimum absolute atomic E-state index is 0.00317. The molecular weight excluding hydrogens is 428 g/mol. The van der Waals surface area contributed by atoms with Gasteiger partial charge in [0.25, 0.3) is 5.91 Å². The molecule has 1 fully saturated rings. The van der Waals surface area contributed by atoms with Gasteiger partial charge in [-0.25, -0.2) is 0 Å². The summed E-state index contributed by atoms with van der Waals surface area (Å²) in [5.41, 5.74) is 1.07. The Kier molecular flexibility index (Phi) is 7.51. The topological polar surface area (TPSA) is 49.9 Å². The van der Waals surface area contributed by atoms with Gasteiger partial charge in [0.15, 0.2) is 0 Å². The standard InChI is InChI=1S/C24H26N2O3S2/c27-23(25(17-21-10-5-13-30-21)15-19-7-2-1-3-8-19)18-26(16-20-9-4-12-29-20)24(28)22-11-6-14-31-22/h1-3,5-8,10-11,13-14,20H,4,9,12,15-18H2. The van der Waals surface area contributed by atoms with Crippen LogP contribution < -0.4 is 0 Å². The Labute approximate surface area is 190 Å². The average Bonchev–Trinajstić information content (AvgIpc) is 3.56. The third kappa shape index (κ3) is 6.03. The highest BCUT2D eigenvalue weighted by molar-refractivity contribution is 7.12. The number of rotatable bonds is 9. The van der Waals surface area contributed by atoms with Gasteiger partial charge < -0.3 is 14.5 Å². The summed E-state index contributed by atoms with van der Waals surface area (Å²) in [7, 11) is 0. The van der Waals surface area contributed by atoms with Crippen LogP contribution in [0.2, 0.25) is 0 Å². The van der Waals surface area contributed by atoms with Gasteiger partial charge in [-0.15, -0.1) is 22.7 Å². The van der Waals surface area contributed by atoms with E-state index in [2.05, 4.69) is 0 Å². The molecular formula is C24H26N2O3S2. The molecule has 5 nitrogen and oxygen atoms in total. The molecule has 1 aliphatic rings. The molecule has 1 saturated heterocycles. The number of nitrogens with zero attached hydrogens (tertiary/aromatic N) is 2. The normalized spacial score (nSPS) is 15.7. The minimum atomic E-state index is -0.102. The van der Waals surface area contributed by atoms with Gasteiger partial charge in [0.2, 0.25) is 5.91 Å². The van der Waals surface area contributed by atoms with Gasteiger partial charge in [-0.2, -0.15) is 0 Å². The average molecular weight is 455 g/mol. The van der Waals surface area contributed by atoms with E-state index in [1.165, 1.54) is 11.3 Å². The van der Waals surface area contributed by atoms with Gasteiger partial charge in [0.05, 0.1) is 17.5 Å². The molecule has 1 unspecified atom stereocenters. The molecule has 3 aromatic rings. The van der Waals surface area contributed by atoms with Crippen molar-refractivity contribution < 1.29 is 14.3 Å². The van der Waals surface area contributed by atoms with Gasteiger partial charge in [-0.05, 0) is 41.3 Å². The molecule has 0 spiro atoms. The van der Waals surface area contributed by atoms with E-state index >= 15 is 0 Å². The van der Waals surface area contributed by atoms with Crippen molar-refractivity contribution in [1.82, 2.24) is 9.80 Å². The predicted molar refractivity (Wildman–Crippen MR) is 124 cm³/mol. The van der Waals surface area contributed by atoms with E-state index in [0.717, 1.165) is 29.9 Å². The van der Waals surface area contributed by atoms with Crippen LogP contribution in [0.1, 0.15) is 33.0 Å². The van der Waals surface area contributed by atoms with E-state index in [1.807, 2.05) is 70.3 Å². The Hall–Kier alpha value is -2.48. The van der Waals surface area contributed by atoms with Gasteiger partial charge >= 0.3 is 0 Å². The fourth-order valence-electron chi connectivity index (χ4n) is 3.70. The molecule has 0 N–H and O–H groups in total. The highest BCUT2D eigenvalue weighted by atomic mass is 32.1. The van der Waals surface area contributed by atoms with E-state index in [-0.39, 0.29) is 24.5 Å². The first-order valence-corrected chi connectivity index (χ1v) is 12.2. The number of thiophene rings is 2. The molecule has 1 atom stereocenters. The molecule has 1 aromatic carbocycles. The van der Waals surface area contributed by atoms with Crippen LogP contribution in [0.5, 0.6) is 0 Å². The predicted octanol–water partition coefficient (Wildman–Crippen LogP) is 4.66. The molecule has 4 rings (SSSR count). The van der Waals surface area contributed by atoms with Crippen LogP contribution in [0.15, 0.2) is 65.4 Å². The fourth-order valence-corrected chi connectivity index (χ4v) is 5.11. The number of hydrogen-bond acceptors (Lipinski definition) is 5. The monoisotopic (exact) mass is 454 g/mol. The Bertz CT molecular complexity index is 952. The van der Waals surface area contributed by atoms with E-state index in [4.69, 9.17) is 4.74 Å². The lowest BCUT2D eigenvalue weighted by molar-refractivity contribution is -0.133. The maximum absolute atomic E-state index is 13.4. The van der Waals surface area contributed by atoms with E-state index in [1.54, 1.807) is 16.2 Å². The number of carbonyl (C=O) groups excluding carboxylic acids is 2. The van der Waals surface area contributed by atoms with Crippen LogP contribution in [0.4, 0.5) is 0 Å². The smallest absolute Gasteiger partial charge is 0.264 e. The van der Waals surface area contributed by atoms with Gasteiger partial charge in [-0.1, -0.05) is 42.5 Å². The molecule has 0 bridgehead atoms. The van der Waals surface area contributed by atoms with Crippen LogP contribution in [-0.4, -0.2) is 47.4 Å². The van der Waals surface area contributed by atoms with Crippen molar-refractivity contribution >= 4 is 34.5 Å².